The van der Waals surface area contributed by atoms with Gasteiger partial charge >= 0.3 is 0 Å². The maximum Gasteiger partial charge on any atom is 0.152 e. The minimum absolute atomic E-state index is 0.0816. The van der Waals surface area contributed by atoms with E-state index in [4.69, 9.17) is 4.74 Å². The lowest BCUT2D eigenvalue weighted by Gasteiger charge is -2.41. The molecule has 0 bridgehead atoms. The summed E-state index contributed by atoms with van der Waals surface area (Å²) in [6.45, 7) is 5.68. The molecule has 2 aromatic carbocycles. The van der Waals surface area contributed by atoms with Gasteiger partial charge in [-0.2, -0.15) is 5.10 Å². The van der Waals surface area contributed by atoms with Crippen molar-refractivity contribution in [3.63, 3.8) is 0 Å². The fraction of sp³-hybridized carbons (Fsp3) is 0.393. The third-order valence-electron chi connectivity index (χ3n) is 7.49. The molecule has 0 unspecified atom stereocenters. The van der Waals surface area contributed by atoms with Gasteiger partial charge in [-0.3, -0.25) is 9.58 Å². The Morgan fingerprint density at radius 3 is 2.33 bits per heavy atom. The zero-order valence-electron chi connectivity index (χ0n) is 21.4. The Balaban J connectivity index is 1.47. The number of sulfone groups is 1. The zero-order valence-corrected chi connectivity index (χ0v) is 22.3. The van der Waals surface area contributed by atoms with Crippen molar-refractivity contribution < 1.29 is 13.2 Å². The highest BCUT2D eigenvalue weighted by molar-refractivity contribution is 7.91. The summed E-state index contributed by atoms with van der Waals surface area (Å²) in [6.07, 6.45) is 8.00. The highest BCUT2D eigenvalue weighted by atomic mass is 32.2. The Hall–Kier alpha value is -3.10. The molecule has 36 heavy (non-hydrogen) atoms. The van der Waals surface area contributed by atoms with Crippen LogP contribution in [0.25, 0.3) is 27.7 Å². The molecule has 4 aromatic rings. The van der Waals surface area contributed by atoms with Crippen molar-refractivity contribution in [2.24, 2.45) is 7.05 Å². The van der Waals surface area contributed by atoms with Crippen LogP contribution < -0.4 is 4.74 Å². The molecular weight excluding hydrogens is 472 g/mol. The molecular formula is C28H34N4O3S. The van der Waals surface area contributed by atoms with Crippen molar-refractivity contribution in [2.45, 2.75) is 32.2 Å². The van der Waals surface area contributed by atoms with Gasteiger partial charge in [0.1, 0.15) is 5.75 Å². The van der Waals surface area contributed by atoms with Crippen molar-refractivity contribution in [3.05, 3.63) is 66.6 Å². The molecule has 1 aliphatic rings. The summed E-state index contributed by atoms with van der Waals surface area (Å²) in [6, 6.07) is 14.8. The first kappa shape index (κ1) is 24.6. The van der Waals surface area contributed by atoms with Crippen molar-refractivity contribution in [3.8, 4) is 22.6 Å². The molecule has 2 aromatic heterocycles. The van der Waals surface area contributed by atoms with Crippen LogP contribution in [-0.4, -0.2) is 64.9 Å². The molecule has 8 heteroatoms. The van der Waals surface area contributed by atoms with Gasteiger partial charge in [-0.1, -0.05) is 24.3 Å². The number of nitrogens with zero attached hydrogens (tertiary/aromatic N) is 4. The molecule has 0 atom stereocenters. The van der Waals surface area contributed by atoms with Crippen molar-refractivity contribution in [1.29, 1.82) is 0 Å². The molecule has 0 N–H and O–H groups in total. The summed E-state index contributed by atoms with van der Waals surface area (Å²) in [5.74, 6) is 1.35. The Morgan fingerprint density at radius 1 is 1.00 bits per heavy atom. The molecule has 1 fully saturated rings. The highest BCUT2D eigenvalue weighted by Crippen LogP contribution is 2.33. The van der Waals surface area contributed by atoms with Crippen LogP contribution in [0.2, 0.25) is 0 Å². The van der Waals surface area contributed by atoms with Crippen molar-refractivity contribution in [2.75, 3.05) is 31.7 Å². The number of hydrogen-bond acceptors (Lipinski definition) is 5. The number of aryl methyl sites for hydroxylation is 2. The lowest BCUT2D eigenvalue weighted by Crippen LogP contribution is -2.51. The molecule has 1 saturated heterocycles. The third kappa shape index (κ3) is 4.92. The minimum atomic E-state index is -2.89. The SMILES string of the molecule is COc1ccc(-c2ccc3c(CCC(C)(C)N4CCS(=O)(=O)CC4)cn(-c4cnn(C)c4)c3c2)cc1. The monoisotopic (exact) mass is 506 g/mol. The van der Waals surface area contributed by atoms with Gasteiger partial charge in [-0.25, -0.2) is 8.42 Å². The molecule has 0 spiro atoms. The summed E-state index contributed by atoms with van der Waals surface area (Å²) < 4.78 is 33.2. The van der Waals surface area contributed by atoms with Crippen LogP contribution in [0.1, 0.15) is 25.8 Å². The second-order valence-corrected chi connectivity index (χ2v) is 12.6. The smallest absolute Gasteiger partial charge is 0.152 e. The summed E-state index contributed by atoms with van der Waals surface area (Å²) >= 11 is 0. The Kier molecular flexibility index (Phi) is 6.43. The number of hydrogen-bond donors (Lipinski definition) is 0. The Bertz CT molecular complexity index is 1470. The summed E-state index contributed by atoms with van der Waals surface area (Å²) in [5.41, 5.74) is 5.66. The average Bonchev–Trinajstić information content (AvgIpc) is 3.45. The molecule has 1 aliphatic heterocycles. The first-order valence-corrected chi connectivity index (χ1v) is 14.2. The van der Waals surface area contributed by atoms with Crippen molar-refractivity contribution >= 4 is 20.7 Å². The van der Waals surface area contributed by atoms with E-state index in [0.717, 1.165) is 40.9 Å². The normalized spacial score (nSPS) is 16.4. The van der Waals surface area contributed by atoms with Gasteiger partial charge in [-0.05, 0) is 61.6 Å². The average molecular weight is 507 g/mol. The van der Waals surface area contributed by atoms with E-state index < -0.39 is 9.84 Å². The summed E-state index contributed by atoms with van der Waals surface area (Å²) in [7, 11) is 0.721. The third-order valence-corrected chi connectivity index (χ3v) is 9.10. The van der Waals surface area contributed by atoms with E-state index in [0.29, 0.717) is 13.1 Å². The van der Waals surface area contributed by atoms with E-state index in [2.05, 4.69) is 64.9 Å². The topological polar surface area (TPSA) is 69.4 Å². The second kappa shape index (κ2) is 9.41. The van der Waals surface area contributed by atoms with Crippen molar-refractivity contribution in [1.82, 2.24) is 19.2 Å². The predicted molar refractivity (Wildman–Crippen MR) is 145 cm³/mol. The minimum Gasteiger partial charge on any atom is -0.497 e. The maximum absolute atomic E-state index is 11.9. The second-order valence-electron chi connectivity index (χ2n) is 10.3. The van der Waals surface area contributed by atoms with Crippen LogP contribution in [-0.2, 0) is 23.3 Å². The van der Waals surface area contributed by atoms with E-state index in [1.54, 1.807) is 7.11 Å². The molecule has 0 radical (unpaired) electrons. The lowest BCUT2D eigenvalue weighted by atomic mass is 9.92. The standard InChI is InChI=1S/C28H34N4O3S/c1-28(2,31-13-15-36(33,34)16-14-31)12-11-23-19-32(24-18-29-30(3)20-24)27-17-22(7-10-26(23)27)21-5-8-25(35-4)9-6-21/h5-10,17-20H,11-16H2,1-4H3. The van der Waals surface area contributed by atoms with Crippen LogP contribution in [0.5, 0.6) is 5.75 Å². The molecule has 0 amide bonds. The molecule has 7 nitrogen and oxygen atoms in total. The predicted octanol–water partition coefficient (Wildman–Crippen LogP) is 4.48. The molecule has 0 aliphatic carbocycles. The number of fused-ring (bicyclic) bond motifs is 1. The largest absolute Gasteiger partial charge is 0.497 e. The quantitative estimate of drug-likeness (QED) is 0.370. The molecule has 190 valence electrons. The highest BCUT2D eigenvalue weighted by Gasteiger charge is 2.32. The van der Waals surface area contributed by atoms with E-state index in [1.165, 1.54) is 10.9 Å². The number of ether oxygens (including phenoxy) is 1. The first-order valence-electron chi connectivity index (χ1n) is 12.4. The van der Waals surface area contributed by atoms with Gasteiger partial charge in [0.25, 0.3) is 0 Å². The lowest BCUT2D eigenvalue weighted by molar-refractivity contribution is 0.123. The van der Waals surface area contributed by atoms with Crippen LogP contribution in [0.15, 0.2) is 61.1 Å². The van der Waals surface area contributed by atoms with Crippen LogP contribution in [0, 0.1) is 0 Å². The van der Waals surface area contributed by atoms with E-state index in [-0.39, 0.29) is 17.0 Å². The fourth-order valence-electron chi connectivity index (χ4n) is 5.12. The fourth-order valence-corrected chi connectivity index (χ4v) is 6.32. The van der Waals surface area contributed by atoms with Crippen LogP contribution in [0.4, 0.5) is 0 Å². The van der Waals surface area contributed by atoms with Crippen LogP contribution >= 0.6 is 0 Å². The number of rotatable bonds is 7. The molecule has 0 saturated carbocycles. The van der Waals surface area contributed by atoms with Crippen LogP contribution in [0.3, 0.4) is 0 Å². The van der Waals surface area contributed by atoms with Gasteiger partial charge in [0.15, 0.2) is 9.84 Å². The summed E-state index contributed by atoms with van der Waals surface area (Å²) in [4.78, 5) is 2.33. The van der Waals surface area contributed by atoms with E-state index in [9.17, 15) is 8.42 Å². The first-order chi connectivity index (χ1) is 17.1. The van der Waals surface area contributed by atoms with E-state index in [1.807, 2.05) is 36.3 Å². The molecule has 3 heterocycles. The Morgan fingerprint density at radius 2 is 1.69 bits per heavy atom. The van der Waals surface area contributed by atoms with Gasteiger partial charge in [0.05, 0.1) is 36.0 Å². The number of methoxy groups -OCH3 is 1. The van der Waals surface area contributed by atoms with Gasteiger partial charge < -0.3 is 9.30 Å². The summed E-state index contributed by atoms with van der Waals surface area (Å²) in [5, 5.41) is 5.62. The number of aromatic nitrogens is 3. The van der Waals surface area contributed by atoms with Gasteiger partial charge in [0, 0.05) is 43.5 Å². The van der Waals surface area contributed by atoms with Gasteiger partial charge in [0.2, 0.25) is 0 Å². The Labute approximate surface area is 213 Å². The molecule has 5 rings (SSSR count). The zero-order chi connectivity index (χ0) is 25.5. The number of benzene rings is 2. The van der Waals surface area contributed by atoms with Gasteiger partial charge in [-0.15, -0.1) is 0 Å². The van der Waals surface area contributed by atoms with E-state index >= 15 is 0 Å². The maximum atomic E-state index is 11.9.